The molecule has 39 heavy (non-hydrogen) atoms. The number of nitrogens with one attached hydrogen (secondary N) is 1. The van der Waals surface area contributed by atoms with E-state index < -0.39 is 16.1 Å². The van der Waals surface area contributed by atoms with Gasteiger partial charge in [-0.25, -0.2) is 8.42 Å². The first-order valence-electron chi connectivity index (χ1n) is 13.0. The lowest BCUT2D eigenvalue weighted by Crippen LogP contribution is -2.49. The normalized spacial score (nSPS) is 12.0. The molecule has 1 atom stereocenters. The number of benzene rings is 3. The number of hydrogen-bond acceptors (Lipinski definition) is 4. The van der Waals surface area contributed by atoms with Gasteiger partial charge in [0.1, 0.15) is 6.04 Å². The van der Waals surface area contributed by atoms with Gasteiger partial charge >= 0.3 is 0 Å². The summed E-state index contributed by atoms with van der Waals surface area (Å²) in [7, 11) is -2.01. The number of halogens is 1. The Balaban J connectivity index is 1.84. The monoisotopic (exact) mass is 569 g/mol. The summed E-state index contributed by atoms with van der Waals surface area (Å²) in [6.45, 7) is 2.32. The Morgan fingerprint density at radius 1 is 0.923 bits per heavy atom. The summed E-state index contributed by atoms with van der Waals surface area (Å²) in [6.07, 6.45) is 2.69. The summed E-state index contributed by atoms with van der Waals surface area (Å²) < 4.78 is 26.5. The lowest BCUT2D eigenvalue weighted by Gasteiger charge is -2.32. The van der Waals surface area contributed by atoms with Crippen LogP contribution in [0.2, 0.25) is 5.02 Å². The molecular weight excluding hydrogens is 534 g/mol. The van der Waals surface area contributed by atoms with Crippen molar-refractivity contribution < 1.29 is 18.0 Å². The Hall–Kier alpha value is -3.36. The van der Waals surface area contributed by atoms with Crippen LogP contribution in [0.3, 0.4) is 0 Å². The van der Waals surface area contributed by atoms with Gasteiger partial charge in [0.05, 0.1) is 11.9 Å². The van der Waals surface area contributed by atoms with Crippen LogP contribution in [-0.2, 0) is 39.0 Å². The Kier molecular flexibility index (Phi) is 10.9. The molecule has 0 bridgehead atoms. The molecule has 0 saturated heterocycles. The Morgan fingerprint density at radius 2 is 1.56 bits per heavy atom. The summed E-state index contributed by atoms with van der Waals surface area (Å²) in [4.78, 5) is 28.3. The second-order valence-electron chi connectivity index (χ2n) is 9.39. The molecule has 0 aliphatic heterocycles. The van der Waals surface area contributed by atoms with E-state index in [1.54, 1.807) is 30.1 Å². The van der Waals surface area contributed by atoms with Crippen molar-refractivity contribution in [1.82, 2.24) is 10.2 Å². The molecular formula is C30H36ClN3O4S. The fraction of sp³-hybridized carbons (Fsp3) is 0.333. The van der Waals surface area contributed by atoms with Crippen LogP contribution in [-0.4, -0.2) is 51.0 Å². The van der Waals surface area contributed by atoms with Crippen LogP contribution in [0, 0.1) is 0 Å². The van der Waals surface area contributed by atoms with Crippen molar-refractivity contribution in [2.45, 2.75) is 45.2 Å². The lowest BCUT2D eigenvalue weighted by atomic mass is 10.0. The van der Waals surface area contributed by atoms with Gasteiger partial charge < -0.3 is 10.2 Å². The van der Waals surface area contributed by atoms with Crippen molar-refractivity contribution in [3.8, 4) is 0 Å². The van der Waals surface area contributed by atoms with E-state index in [2.05, 4.69) is 5.32 Å². The topological polar surface area (TPSA) is 86.8 Å². The second kappa shape index (κ2) is 14.1. The zero-order chi connectivity index (χ0) is 28.4. The Bertz CT molecular complexity index is 1350. The van der Waals surface area contributed by atoms with Gasteiger partial charge in [0.25, 0.3) is 0 Å². The lowest BCUT2D eigenvalue weighted by molar-refractivity contribution is -0.141. The molecule has 0 aromatic heterocycles. The minimum absolute atomic E-state index is 0.0613. The van der Waals surface area contributed by atoms with Gasteiger partial charge in [0.2, 0.25) is 21.8 Å². The number of sulfonamides is 1. The fourth-order valence-corrected chi connectivity index (χ4v) is 5.59. The zero-order valence-electron chi connectivity index (χ0n) is 22.6. The van der Waals surface area contributed by atoms with E-state index in [-0.39, 0.29) is 37.7 Å². The molecule has 7 nitrogen and oxygen atoms in total. The molecule has 0 radical (unpaired) electrons. The van der Waals surface area contributed by atoms with Crippen LogP contribution in [0.5, 0.6) is 0 Å². The maximum Gasteiger partial charge on any atom is 0.242 e. The number of anilines is 1. The van der Waals surface area contributed by atoms with E-state index in [1.165, 1.54) is 4.31 Å². The van der Waals surface area contributed by atoms with Gasteiger partial charge in [-0.3, -0.25) is 13.9 Å². The zero-order valence-corrected chi connectivity index (χ0v) is 24.2. The molecule has 0 aliphatic carbocycles. The number of amides is 2. The van der Waals surface area contributed by atoms with E-state index in [9.17, 15) is 18.0 Å². The molecule has 0 saturated carbocycles. The number of rotatable bonds is 13. The number of aryl methyl sites for hydroxylation is 1. The third kappa shape index (κ3) is 8.57. The quantitative estimate of drug-likeness (QED) is 0.319. The van der Waals surface area contributed by atoms with Crippen molar-refractivity contribution >= 4 is 39.1 Å². The summed E-state index contributed by atoms with van der Waals surface area (Å²) in [5.41, 5.74) is 3.31. The van der Waals surface area contributed by atoms with Crippen LogP contribution in [0.25, 0.3) is 0 Å². The molecule has 9 heteroatoms. The van der Waals surface area contributed by atoms with Gasteiger partial charge in [0.15, 0.2) is 0 Å². The highest BCUT2D eigenvalue weighted by Gasteiger charge is 2.30. The number of likely N-dealkylation sites (N-methyl/N-ethyl adjacent to an activating group) is 1. The smallest absolute Gasteiger partial charge is 0.242 e. The molecule has 0 fully saturated rings. The predicted molar refractivity (Wildman–Crippen MR) is 157 cm³/mol. The van der Waals surface area contributed by atoms with Crippen LogP contribution < -0.4 is 9.62 Å². The van der Waals surface area contributed by atoms with Gasteiger partial charge in [-0.05, 0) is 47.7 Å². The highest BCUT2D eigenvalue weighted by Crippen LogP contribution is 2.23. The average molecular weight is 570 g/mol. The number of hydrogen-bond donors (Lipinski definition) is 1. The maximum absolute atomic E-state index is 13.7. The van der Waals surface area contributed by atoms with Crippen LogP contribution in [0.15, 0.2) is 78.9 Å². The second-order valence-corrected chi connectivity index (χ2v) is 11.7. The van der Waals surface area contributed by atoms with E-state index in [1.807, 2.05) is 67.6 Å². The molecule has 208 valence electrons. The van der Waals surface area contributed by atoms with Gasteiger partial charge in [-0.1, -0.05) is 79.2 Å². The first kappa shape index (κ1) is 30.2. The largest absolute Gasteiger partial charge is 0.357 e. The molecule has 3 aromatic rings. The third-order valence-corrected chi connectivity index (χ3v) is 8.16. The van der Waals surface area contributed by atoms with Gasteiger partial charge in [-0.15, -0.1) is 0 Å². The summed E-state index contributed by atoms with van der Waals surface area (Å²) in [5.74, 6) is -0.540. The maximum atomic E-state index is 13.7. The third-order valence-electron chi connectivity index (χ3n) is 6.60. The fourth-order valence-electron chi connectivity index (χ4n) is 4.43. The first-order chi connectivity index (χ1) is 18.6. The Labute approximate surface area is 236 Å². The number of carbonyl (C=O) groups is 2. The van der Waals surface area contributed by atoms with Crippen molar-refractivity contribution in [2.24, 2.45) is 0 Å². The highest BCUT2D eigenvalue weighted by molar-refractivity contribution is 7.92. The number of carbonyl (C=O) groups excluding carboxylic acids is 2. The summed E-state index contributed by atoms with van der Waals surface area (Å²) >= 11 is 6.42. The van der Waals surface area contributed by atoms with Crippen molar-refractivity contribution in [3.63, 3.8) is 0 Å². The molecule has 3 aromatic carbocycles. The molecule has 3 rings (SSSR count). The summed E-state index contributed by atoms with van der Waals surface area (Å²) in [6, 6.07) is 23.4. The standard InChI is InChI=1S/C30H36ClN3O4S/c1-4-23-16-18-26(19-17-23)34(39(3,37)38)20-10-15-29(35)33(22-25-13-8-9-14-27(25)31)28(30(36)32-2)21-24-11-6-5-7-12-24/h5-9,11-14,16-19,28H,4,10,15,20-22H2,1-3H3,(H,32,36). The van der Waals surface area contributed by atoms with Crippen LogP contribution >= 0.6 is 11.6 Å². The van der Waals surface area contributed by atoms with E-state index in [0.29, 0.717) is 17.1 Å². The first-order valence-corrected chi connectivity index (χ1v) is 15.2. The highest BCUT2D eigenvalue weighted by atomic mass is 35.5. The molecule has 0 spiro atoms. The minimum Gasteiger partial charge on any atom is -0.357 e. The molecule has 0 aliphatic rings. The van der Waals surface area contributed by atoms with Crippen molar-refractivity contribution in [3.05, 3.63) is 101 Å². The van der Waals surface area contributed by atoms with Crippen molar-refractivity contribution in [1.29, 1.82) is 0 Å². The van der Waals surface area contributed by atoms with E-state index in [0.717, 1.165) is 29.4 Å². The SMILES string of the molecule is CCc1ccc(N(CCCC(=O)N(Cc2ccccc2Cl)C(Cc2ccccc2)C(=O)NC)S(C)(=O)=O)cc1. The van der Waals surface area contributed by atoms with Crippen LogP contribution in [0.1, 0.15) is 36.5 Å². The molecule has 1 N–H and O–H groups in total. The summed E-state index contributed by atoms with van der Waals surface area (Å²) in [5, 5.41) is 3.20. The molecule has 2 amide bonds. The van der Waals surface area contributed by atoms with Crippen LogP contribution in [0.4, 0.5) is 5.69 Å². The van der Waals surface area contributed by atoms with E-state index >= 15 is 0 Å². The van der Waals surface area contributed by atoms with Crippen molar-refractivity contribution in [2.75, 3.05) is 24.2 Å². The van der Waals surface area contributed by atoms with E-state index in [4.69, 9.17) is 11.6 Å². The number of nitrogens with zero attached hydrogens (tertiary/aromatic N) is 2. The predicted octanol–water partition coefficient (Wildman–Crippen LogP) is 4.83. The van der Waals surface area contributed by atoms with Gasteiger partial charge in [-0.2, -0.15) is 0 Å². The molecule has 0 heterocycles. The Morgan fingerprint density at radius 3 is 2.15 bits per heavy atom. The molecule has 1 unspecified atom stereocenters. The average Bonchev–Trinajstić information content (AvgIpc) is 2.93. The van der Waals surface area contributed by atoms with Gasteiger partial charge in [0, 0.05) is 38.0 Å². The minimum atomic E-state index is -3.56.